The van der Waals surface area contributed by atoms with E-state index in [9.17, 15) is 4.39 Å². The Hall–Kier alpha value is -2.85. The highest BCUT2D eigenvalue weighted by atomic mass is 32.1. The third kappa shape index (κ3) is 12.5. The van der Waals surface area contributed by atoms with Gasteiger partial charge in [-0.2, -0.15) is 0 Å². The maximum atomic E-state index is 12.1. The second-order valence-corrected chi connectivity index (χ2v) is 7.23. The van der Waals surface area contributed by atoms with Gasteiger partial charge in [0, 0.05) is 29.7 Å². The van der Waals surface area contributed by atoms with Gasteiger partial charge in [-0.15, -0.1) is 11.3 Å². The van der Waals surface area contributed by atoms with Crippen molar-refractivity contribution >= 4 is 11.3 Å². The predicted octanol–water partition coefficient (Wildman–Crippen LogP) is 6.97. The molecule has 0 saturated carbocycles. The first-order valence-corrected chi connectivity index (χ1v) is 9.81. The summed E-state index contributed by atoms with van der Waals surface area (Å²) in [5.41, 5.74) is 3.56. The fraction of sp³-hybridized carbons (Fsp3) is 0.167. The molecule has 146 valence electrons. The molecule has 3 aromatic heterocycles. The van der Waals surface area contributed by atoms with Gasteiger partial charge in [0.15, 0.2) is 0 Å². The molecule has 2 nitrogen and oxygen atoms in total. The number of aromatic nitrogens is 2. The number of aryl methyl sites for hydroxylation is 4. The number of thiophene rings is 1. The van der Waals surface area contributed by atoms with E-state index in [4.69, 9.17) is 0 Å². The number of benzene rings is 1. The maximum Gasteiger partial charge on any atom is 0.123 e. The van der Waals surface area contributed by atoms with Crippen LogP contribution in [0.25, 0.3) is 0 Å². The molecular weight excluding hydrogens is 367 g/mol. The largest absolute Gasteiger partial charge is 0.265 e. The fourth-order valence-electron chi connectivity index (χ4n) is 1.77. The molecule has 0 atom stereocenters. The van der Waals surface area contributed by atoms with Crippen molar-refractivity contribution in [3.63, 3.8) is 0 Å². The third-order valence-electron chi connectivity index (χ3n) is 3.33. The van der Waals surface area contributed by atoms with Gasteiger partial charge in [0.1, 0.15) is 5.82 Å². The first-order valence-electron chi connectivity index (χ1n) is 8.93. The highest BCUT2D eigenvalue weighted by Gasteiger charge is 1.83. The minimum atomic E-state index is -0.171. The molecular formula is C24H27FN2S. The van der Waals surface area contributed by atoms with Crippen molar-refractivity contribution in [2.45, 2.75) is 27.7 Å². The average Bonchev–Trinajstić information content (AvgIpc) is 3.18. The zero-order valence-corrected chi connectivity index (χ0v) is 17.7. The van der Waals surface area contributed by atoms with E-state index in [1.165, 1.54) is 28.1 Å². The minimum absolute atomic E-state index is 0.171. The first kappa shape index (κ1) is 23.2. The standard InChI is InChI=1S/C7H7F.2C6H7N.C5H6S/c1-6-2-4-7(8)5-3-6;1-6-2-4-7-5-3-6;1-6-3-2-4-7-5-6;1-5-3-2-4-6-5/h2-5H,1H3;2*2-5H,1H3;2-4H,1H3. The quantitative estimate of drug-likeness (QED) is 0.322. The highest BCUT2D eigenvalue weighted by Crippen LogP contribution is 2.03. The van der Waals surface area contributed by atoms with Gasteiger partial charge in [-0.05, 0) is 80.6 Å². The van der Waals surface area contributed by atoms with Gasteiger partial charge >= 0.3 is 0 Å². The summed E-state index contributed by atoms with van der Waals surface area (Å²) in [5.74, 6) is -0.171. The molecule has 0 radical (unpaired) electrons. The molecule has 4 rings (SSSR count). The SMILES string of the molecule is Cc1ccc(F)cc1.Cc1cccnc1.Cc1cccs1.Cc1ccncc1. The van der Waals surface area contributed by atoms with Crippen molar-refractivity contribution in [3.05, 3.63) is 118 Å². The van der Waals surface area contributed by atoms with Gasteiger partial charge < -0.3 is 0 Å². The molecule has 0 bridgehead atoms. The highest BCUT2D eigenvalue weighted by molar-refractivity contribution is 7.09. The monoisotopic (exact) mass is 394 g/mol. The van der Waals surface area contributed by atoms with Crippen molar-refractivity contribution < 1.29 is 4.39 Å². The van der Waals surface area contributed by atoms with E-state index in [-0.39, 0.29) is 5.82 Å². The topological polar surface area (TPSA) is 25.8 Å². The van der Waals surface area contributed by atoms with Crippen LogP contribution in [0.3, 0.4) is 0 Å². The Morgan fingerprint density at radius 1 is 0.643 bits per heavy atom. The molecule has 0 aliphatic heterocycles. The van der Waals surface area contributed by atoms with Crippen LogP contribution < -0.4 is 0 Å². The Bertz CT molecular complexity index is 788. The lowest BCUT2D eigenvalue weighted by Crippen LogP contribution is -1.71. The van der Waals surface area contributed by atoms with Crippen LogP contribution >= 0.6 is 11.3 Å². The van der Waals surface area contributed by atoms with Crippen LogP contribution in [0.5, 0.6) is 0 Å². The Labute approximate surface area is 171 Å². The summed E-state index contributed by atoms with van der Waals surface area (Å²) in [5, 5.41) is 2.08. The number of hydrogen-bond acceptors (Lipinski definition) is 3. The number of nitrogens with zero attached hydrogens (tertiary/aromatic N) is 2. The van der Waals surface area contributed by atoms with Crippen molar-refractivity contribution in [3.8, 4) is 0 Å². The first-order chi connectivity index (χ1) is 13.5. The van der Waals surface area contributed by atoms with Crippen molar-refractivity contribution in [2.24, 2.45) is 0 Å². The van der Waals surface area contributed by atoms with Crippen LogP contribution in [-0.4, -0.2) is 9.97 Å². The Morgan fingerprint density at radius 3 is 1.57 bits per heavy atom. The molecule has 0 spiro atoms. The van der Waals surface area contributed by atoms with Crippen molar-refractivity contribution in [2.75, 3.05) is 0 Å². The summed E-state index contributed by atoms with van der Waals surface area (Å²) >= 11 is 1.78. The second kappa shape index (κ2) is 14.2. The van der Waals surface area contributed by atoms with Gasteiger partial charge in [0.25, 0.3) is 0 Å². The Balaban J connectivity index is 0.000000188. The minimum Gasteiger partial charge on any atom is -0.265 e. The van der Waals surface area contributed by atoms with Crippen LogP contribution in [0.1, 0.15) is 21.6 Å². The van der Waals surface area contributed by atoms with Crippen LogP contribution in [0.4, 0.5) is 4.39 Å². The normalized spacial score (nSPS) is 8.89. The summed E-state index contributed by atoms with van der Waals surface area (Å²) in [4.78, 5) is 9.11. The van der Waals surface area contributed by atoms with Gasteiger partial charge in [0.2, 0.25) is 0 Å². The van der Waals surface area contributed by atoms with E-state index in [0.717, 1.165) is 5.56 Å². The molecule has 4 heteroatoms. The van der Waals surface area contributed by atoms with E-state index in [1.54, 1.807) is 42.1 Å². The summed E-state index contributed by atoms with van der Waals surface area (Å²) in [6.45, 7) is 8.10. The third-order valence-corrected chi connectivity index (χ3v) is 4.13. The summed E-state index contributed by atoms with van der Waals surface area (Å²) in [6.07, 6.45) is 7.18. The molecule has 0 unspecified atom stereocenters. The molecule has 0 fully saturated rings. The number of pyridine rings is 2. The number of rotatable bonds is 0. The summed E-state index contributed by atoms with van der Waals surface area (Å²) < 4.78 is 12.1. The molecule has 0 amide bonds. The van der Waals surface area contributed by atoms with Crippen LogP contribution in [0.2, 0.25) is 0 Å². The molecule has 0 N–H and O–H groups in total. The van der Waals surface area contributed by atoms with E-state index >= 15 is 0 Å². The van der Waals surface area contributed by atoms with E-state index < -0.39 is 0 Å². The lowest BCUT2D eigenvalue weighted by molar-refractivity contribution is 0.627. The maximum absolute atomic E-state index is 12.1. The molecule has 1 aromatic carbocycles. The molecule has 0 aliphatic rings. The number of halogens is 1. The molecule has 3 heterocycles. The van der Waals surface area contributed by atoms with Gasteiger partial charge in [-0.3, -0.25) is 9.97 Å². The Morgan fingerprint density at radius 2 is 1.29 bits per heavy atom. The zero-order chi connectivity index (χ0) is 20.6. The van der Waals surface area contributed by atoms with Gasteiger partial charge in [-0.25, -0.2) is 4.39 Å². The molecule has 0 saturated heterocycles. The van der Waals surface area contributed by atoms with E-state index in [1.807, 2.05) is 51.2 Å². The molecule has 28 heavy (non-hydrogen) atoms. The van der Waals surface area contributed by atoms with Gasteiger partial charge in [-0.1, -0.05) is 29.8 Å². The Kier molecular flexibility index (Phi) is 11.8. The fourth-order valence-corrected chi connectivity index (χ4v) is 2.30. The van der Waals surface area contributed by atoms with Crippen LogP contribution in [0, 0.1) is 33.5 Å². The smallest absolute Gasteiger partial charge is 0.123 e. The van der Waals surface area contributed by atoms with Crippen LogP contribution in [0.15, 0.2) is 90.8 Å². The van der Waals surface area contributed by atoms with E-state index in [0.29, 0.717) is 0 Å². The summed E-state index contributed by atoms with van der Waals surface area (Å²) in [6, 6.07) is 18.4. The molecule has 4 aromatic rings. The lowest BCUT2D eigenvalue weighted by atomic mass is 10.2. The van der Waals surface area contributed by atoms with E-state index in [2.05, 4.69) is 34.4 Å². The average molecular weight is 395 g/mol. The molecule has 0 aliphatic carbocycles. The number of hydrogen-bond donors (Lipinski definition) is 0. The zero-order valence-electron chi connectivity index (χ0n) is 16.8. The summed E-state index contributed by atoms with van der Waals surface area (Å²) in [7, 11) is 0. The second-order valence-electron chi connectivity index (χ2n) is 6.07. The van der Waals surface area contributed by atoms with Crippen molar-refractivity contribution in [1.82, 2.24) is 9.97 Å². The lowest BCUT2D eigenvalue weighted by Gasteiger charge is -1.87. The van der Waals surface area contributed by atoms with Crippen molar-refractivity contribution in [1.29, 1.82) is 0 Å². The van der Waals surface area contributed by atoms with Crippen LogP contribution in [-0.2, 0) is 0 Å². The predicted molar refractivity (Wildman–Crippen MR) is 118 cm³/mol. The van der Waals surface area contributed by atoms with Gasteiger partial charge in [0.05, 0.1) is 0 Å².